The predicted molar refractivity (Wildman–Crippen MR) is 106 cm³/mol. The number of piperazine rings is 1. The van der Waals surface area contributed by atoms with E-state index in [1.165, 1.54) is 0 Å². The first-order chi connectivity index (χ1) is 13.4. The van der Waals surface area contributed by atoms with E-state index >= 15 is 0 Å². The van der Waals surface area contributed by atoms with Crippen LogP contribution < -0.4 is 5.32 Å². The molecule has 0 spiro atoms. The van der Waals surface area contributed by atoms with Gasteiger partial charge in [0.1, 0.15) is 0 Å². The number of benzene rings is 1. The summed E-state index contributed by atoms with van der Waals surface area (Å²) in [6.07, 6.45) is 0.545. The number of carbonyl (C=O) groups is 3. The zero-order valence-electron chi connectivity index (χ0n) is 16.9. The molecule has 1 N–H and O–H groups in total. The molecule has 1 aromatic rings. The van der Waals surface area contributed by atoms with Crippen molar-refractivity contribution in [1.29, 1.82) is 0 Å². The van der Waals surface area contributed by atoms with Crippen LogP contribution in [-0.4, -0.2) is 92.6 Å². The van der Waals surface area contributed by atoms with Gasteiger partial charge in [-0.25, -0.2) is 4.79 Å². The van der Waals surface area contributed by atoms with E-state index < -0.39 is 0 Å². The van der Waals surface area contributed by atoms with E-state index in [-0.39, 0.29) is 17.9 Å². The van der Waals surface area contributed by atoms with Gasteiger partial charge in [0, 0.05) is 43.9 Å². The second kappa shape index (κ2) is 10.7. The van der Waals surface area contributed by atoms with E-state index in [2.05, 4.69) is 10.2 Å². The van der Waals surface area contributed by atoms with Crippen molar-refractivity contribution in [3.05, 3.63) is 35.4 Å². The number of hydrogen-bond donors (Lipinski definition) is 1. The van der Waals surface area contributed by atoms with Crippen LogP contribution in [0.4, 0.5) is 4.79 Å². The third-order valence-corrected chi connectivity index (χ3v) is 4.55. The Labute approximate surface area is 166 Å². The number of carbonyl (C=O) groups excluding carboxylic acids is 3. The summed E-state index contributed by atoms with van der Waals surface area (Å²) in [5.74, 6) is -0.234. The maximum Gasteiger partial charge on any atom is 0.409 e. The van der Waals surface area contributed by atoms with Crippen molar-refractivity contribution in [2.75, 3.05) is 60.0 Å². The molecular weight excluding hydrogens is 360 g/mol. The fraction of sp³-hybridized carbons (Fsp3) is 0.550. The molecule has 0 unspecified atom stereocenters. The van der Waals surface area contributed by atoms with Crippen LogP contribution in [0.1, 0.15) is 34.1 Å². The van der Waals surface area contributed by atoms with Crippen LogP contribution in [-0.2, 0) is 4.74 Å². The van der Waals surface area contributed by atoms with Gasteiger partial charge in [-0.15, -0.1) is 0 Å². The highest BCUT2D eigenvalue weighted by Crippen LogP contribution is 2.11. The number of rotatable bonds is 7. The largest absolute Gasteiger partial charge is 0.450 e. The molecule has 1 heterocycles. The zero-order valence-corrected chi connectivity index (χ0v) is 16.9. The van der Waals surface area contributed by atoms with Crippen LogP contribution in [0.25, 0.3) is 0 Å². The molecule has 8 heteroatoms. The molecule has 0 aliphatic carbocycles. The van der Waals surface area contributed by atoms with Gasteiger partial charge in [0.15, 0.2) is 0 Å². The van der Waals surface area contributed by atoms with Crippen molar-refractivity contribution in [2.45, 2.75) is 13.3 Å². The average molecular weight is 390 g/mol. The van der Waals surface area contributed by atoms with Crippen LogP contribution in [0.3, 0.4) is 0 Å². The van der Waals surface area contributed by atoms with Crippen molar-refractivity contribution in [1.82, 2.24) is 20.0 Å². The number of ether oxygens (including phenoxy) is 1. The molecular formula is C20H30N4O4. The summed E-state index contributed by atoms with van der Waals surface area (Å²) in [4.78, 5) is 41.9. The van der Waals surface area contributed by atoms with Crippen molar-refractivity contribution < 1.29 is 19.1 Å². The highest BCUT2D eigenvalue weighted by atomic mass is 16.6. The quantitative estimate of drug-likeness (QED) is 0.710. The Morgan fingerprint density at radius 2 is 1.57 bits per heavy atom. The molecule has 1 saturated heterocycles. The molecule has 154 valence electrons. The van der Waals surface area contributed by atoms with Gasteiger partial charge in [0.05, 0.1) is 6.61 Å². The van der Waals surface area contributed by atoms with Gasteiger partial charge < -0.3 is 24.8 Å². The van der Waals surface area contributed by atoms with Crippen LogP contribution in [0.15, 0.2) is 24.3 Å². The monoisotopic (exact) mass is 390 g/mol. The topological polar surface area (TPSA) is 82.2 Å². The summed E-state index contributed by atoms with van der Waals surface area (Å²) in [6.45, 7) is 5.48. The molecule has 0 aromatic heterocycles. The average Bonchev–Trinajstić information content (AvgIpc) is 2.71. The van der Waals surface area contributed by atoms with Gasteiger partial charge >= 0.3 is 6.09 Å². The maximum atomic E-state index is 12.6. The maximum absolute atomic E-state index is 12.6. The van der Waals surface area contributed by atoms with Crippen molar-refractivity contribution in [3.8, 4) is 0 Å². The second-order valence-electron chi connectivity index (χ2n) is 6.97. The van der Waals surface area contributed by atoms with Crippen LogP contribution in [0.5, 0.6) is 0 Å². The summed E-state index contributed by atoms with van der Waals surface area (Å²) in [5.41, 5.74) is 1.07. The molecule has 1 fully saturated rings. The SMILES string of the molecule is CCOC(=O)N1CCN(C(=O)c2ccc(C(=O)NCCCN(C)C)cc2)CC1. The Hall–Kier alpha value is -2.61. The third-order valence-electron chi connectivity index (χ3n) is 4.55. The minimum absolute atomic E-state index is 0.0959. The molecule has 1 aliphatic rings. The smallest absolute Gasteiger partial charge is 0.409 e. The van der Waals surface area contributed by atoms with Gasteiger partial charge in [-0.2, -0.15) is 0 Å². The second-order valence-corrected chi connectivity index (χ2v) is 6.97. The van der Waals surface area contributed by atoms with Crippen LogP contribution in [0.2, 0.25) is 0 Å². The Balaban J connectivity index is 1.83. The highest BCUT2D eigenvalue weighted by molar-refractivity contribution is 5.97. The lowest BCUT2D eigenvalue weighted by atomic mass is 10.1. The van der Waals surface area contributed by atoms with Crippen molar-refractivity contribution in [3.63, 3.8) is 0 Å². The molecule has 0 bridgehead atoms. The third kappa shape index (κ3) is 6.23. The Kier molecular flexibility index (Phi) is 8.25. The van der Waals surface area contributed by atoms with Gasteiger partial charge in [0.2, 0.25) is 0 Å². The van der Waals surface area contributed by atoms with E-state index in [0.717, 1.165) is 13.0 Å². The Morgan fingerprint density at radius 3 is 2.14 bits per heavy atom. The Bertz CT molecular complexity index is 667. The van der Waals surface area contributed by atoms with Crippen molar-refractivity contribution in [2.24, 2.45) is 0 Å². The van der Waals surface area contributed by atoms with Gasteiger partial charge in [0.25, 0.3) is 11.8 Å². The summed E-state index contributed by atoms with van der Waals surface area (Å²) >= 11 is 0. The molecule has 28 heavy (non-hydrogen) atoms. The molecule has 0 atom stereocenters. The van der Waals surface area contributed by atoms with E-state index in [1.807, 2.05) is 14.1 Å². The molecule has 3 amide bonds. The molecule has 0 saturated carbocycles. The van der Waals surface area contributed by atoms with Gasteiger partial charge in [-0.1, -0.05) is 0 Å². The molecule has 1 aliphatic heterocycles. The normalized spacial score (nSPS) is 14.1. The first-order valence-corrected chi connectivity index (χ1v) is 9.66. The minimum Gasteiger partial charge on any atom is -0.450 e. The van der Waals surface area contributed by atoms with Crippen molar-refractivity contribution >= 4 is 17.9 Å². The first-order valence-electron chi connectivity index (χ1n) is 9.66. The number of hydrogen-bond acceptors (Lipinski definition) is 5. The summed E-state index contributed by atoms with van der Waals surface area (Å²) in [7, 11) is 3.99. The summed E-state index contributed by atoms with van der Waals surface area (Å²) in [5, 5.41) is 2.88. The number of nitrogens with one attached hydrogen (secondary N) is 1. The summed E-state index contributed by atoms with van der Waals surface area (Å²) < 4.78 is 4.99. The lowest BCUT2D eigenvalue weighted by molar-refractivity contribution is 0.0570. The minimum atomic E-state index is -0.337. The van der Waals surface area contributed by atoms with Crippen LogP contribution in [0, 0.1) is 0 Å². The molecule has 8 nitrogen and oxygen atoms in total. The van der Waals surface area contributed by atoms with Gasteiger partial charge in [-0.05, 0) is 58.3 Å². The van der Waals surface area contributed by atoms with E-state index in [0.29, 0.717) is 50.5 Å². The lowest BCUT2D eigenvalue weighted by Crippen LogP contribution is -2.50. The zero-order chi connectivity index (χ0) is 20.5. The van der Waals surface area contributed by atoms with E-state index in [4.69, 9.17) is 4.74 Å². The molecule has 2 rings (SSSR count). The first kappa shape index (κ1) is 21.7. The fourth-order valence-corrected chi connectivity index (χ4v) is 2.95. The Morgan fingerprint density at radius 1 is 1.00 bits per heavy atom. The fourth-order valence-electron chi connectivity index (χ4n) is 2.95. The van der Waals surface area contributed by atoms with E-state index in [1.54, 1.807) is 41.0 Å². The van der Waals surface area contributed by atoms with Crippen LogP contribution >= 0.6 is 0 Å². The summed E-state index contributed by atoms with van der Waals surface area (Å²) in [6, 6.07) is 6.69. The predicted octanol–water partition coefficient (Wildman–Crippen LogP) is 1.28. The molecule has 0 radical (unpaired) electrons. The van der Waals surface area contributed by atoms with E-state index in [9.17, 15) is 14.4 Å². The standard InChI is InChI=1S/C20H30N4O4/c1-4-28-20(27)24-14-12-23(13-15-24)19(26)17-8-6-16(7-9-17)18(25)21-10-5-11-22(2)3/h6-9H,4-5,10-15H2,1-3H3,(H,21,25). The molecule has 1 aromatic carbocycles. The van der Waals surface area contributed by atoms with Gasteiger partial charge in [-0.3, -0.25) is 9.59 Å². The highest BCUT2D eigenvalue weighted by Gasteiger charge is 2.25. The number of amides is 3. The lowest BCUT2D eigenvalue weighted by Gasteiger charge is -2.34. The number of nitrogens with zero attached hydrogens (tertiary/aromatic N) is 3.